The zero-order valence-corrected chi connectivity index (χ0v) is 12.0. The summed E-state index contributed by atoms with van der Waals surface area (Å²) in [5, 5.41) is 3.35. The summed E-state index contributed by atoms with van der Waals surface area (Å²) in [5.41, 5.74) is 4.58. The van der Waals surface area contributed by atoms with Crippen molar-refractivity contribution in [2.24, 2.45) is 0 Å². The third-order valence-corrected chi connectivity index (χ3v) is 4.58. The standard InChI is InChI=1S/C18H18N2O/c1-12-10-13-6-2-5-9-17(13)20(12)18(21)15-11-19-16-8-4-3-7-14(15)16/h2-9,12,15,19H,10-11H2,1H3. The normalized spacial score (nSPS) is 22.6. The van der Waals surface area contributed by atoms with Gasteiger partial charge in [-0.2, -0.15) is 0 Å². The lowest BCUT2D eigenvalue weighted by atomic mass is 9.99. The molecule has 0 saturated carbocycles. The lowest BCUT2D eigenvalue weighted by Crippen LogP contribution is -2.39. The van der Waals surface area contributed by atoms with Crippen LogP contribution in [0.1, 0.15) is 24.0 Å². The van der Waals surface area contributed by atoms with Gasteiger partial charge in [0, 0.05) is 24.0 Å². The summed E-state index contributed by atoms with van der Waals surface area (Å²) in [7, 11) is 0. The number of benzene rings is 2. The van der Waals surface area contributed by atoms with E-state index in [0.29, 0.717) is 6.54 Å². The van der Waals surface area contributed by atoms with Gasteiger partial charge in [0.25, 0.3) is 0 Å². The molecule has 2 aromatic carbocycles. The minimum atomic E-state index is -0.0743. The van der Waals surface area contributed by atoms with Crippen LogP contribution in [0.3, 0.4) is 0 Å². The summed E-state index contributed by atoms with van der Waals surface area (Å²) in [5.74, 6) is 0.139. The van der Waals surface area contributed by atoms with Gasteiger partial charge in [-0.3, -0.25) is 4.79 Å². The number of fused-ring (bicyclic) bond motifs is 2. The Labute approximate surface area is 124 Å². The third kappa shape index (κ3) is 1.84. The van der Waals surface area contributed by atoms with E-state index >= 15 is 0 Å². The van der Waals surface area contributed by atoms with Crippen LogP contribution in [0.4, 0.5) is 11.4 Å². The summed E-state index contributed by atoms with van der Waals surface area (Å²) < 4.78 is 0. The Bertz CT molecular complexity index is 710. The monoisotopic (exact) mass is 278 g/mol. The third-order valence-electron chi connectivity index (χ3n) is 4.58. The second-order valence-electron chi connectivity index (χ2n) is 5.91. The lowest BCUT2D eigenvalue weighted by Gasteiger charge is -2.26. The molecular formula is C18H18N2O. The molecule has 1 amide bonds. The summed E-state index contributed by atoms with van der Waals surface area (Å²) in [6.07, 6.45) is 0.948. The molecular weight excluding hydrogens is 260 g/mol. The largest absolute Gasteiger partial charge is 0.384 e. The predicted octanol–water partition coefficient (Wildman–Crippen LogP) is 3.17. The van der Waals surface area contributed by atoms with Crippen molar-refractivity contribution in [1.82, 2.24) is 0 Å². The Kier molecular flexibility index (Phi) is 2.74. The molecule has 0 bridgehead atoms. The molecule has 3 heteroatoms. The van der Waals surface area contributed by atoms with Crippen molar-refractivity contribution in [2.45, 2.75) is 25.3 Å². The second kappa shape index (κ2) is 4.62. The maximum absolute atomic E-state index is 13.1. The highest BCUT2D eigenvalue weighted by molar-refractivity contribution is 6.02. The van der Waals surface area contributed by atoms with Crippen LogP contribution in [0, 0.1) is 0 Å². The van der Waals surface area contributed by atoms with E-state index in [4.69, 9.17) is 0 Å². The number of carbonyl (C=O) groups excluding carboxylic acids is 1. The Morgan fingerprint density at radius 3 is 2.81 bits per heavy atom. The highest BCUT2D eigenvalue weighted by atomic mass is 16.2. The van der Waals surface area contributed by atoms with E-state index < -0.39 is 0 Å². The first kappa shape index (κ1) is 12.5. The molecule has 0 fully saturated rings. The van der Waals surface area contributed by atoms with Crippen LogP contribution in [0.25, 0.3) is 0 Å². The van der Waals surface area contributed by atoms with Crippen molar-refractivity contribution in [2.75, 3.05) is 16.8 Å². The number of anilines is 2. The minimum absolute atomic E-state index is 0.0743. The van der Waals surface area contributed by atoms with Crippen LogP contribution in [-0.2, 0) is 11.2 Å². The van der Waals surface area contributed by atoms with Crippen molar-refractivity contribution in [3.05, 3.63) is 59.7 Å². The van der Waals surface area contributed by atoms with Crippen molar-refractivity contribution >= 4 is 17.3 Å². The number of nitrogens with zero attached hydrogens (tertiary/aromatic N) is 1. The fourth-order valence-corrected chi connectivity index (χ4v) is 3.57. The predicted molar refractivity (Wildman–Crippen MR) is 84.8 cm³/mol. The molecule has 2 aliphatic heterocycles. The summed E-state index contributed by atoms with van der Waals surface area (Å²) in [4.78, 5) is 15.1. The fourth-order valence-electron chi connectivity index (χ4n) is 3.57. The number of carbonyl (C=O) groups is 1. The van der Waals surface area contributed by atoms with Gasteiger partial charge in [0.05, 0.1) is 5.92 Å². The topological polar surface area (TPSA) is 32.3 Å². The molecule has 2 unspecified atom stereocenters. The van der Waals surface area contributed by atoms with Gasteiger partial charge in [-0.25, -0.2) is 0 Å². The average molecular weight is 278 g/mol. The fraction of sp³-hybridized carbons (Fsp3) is 0.278. The van der Waals surface area contributed by atoms with Gasteiger partial charge in [-0.05, 0) is 36.6 Å². The lowest BCUT2D eigenvalue weighted by molar-refractivity contribution is -0.119. The van der Waals surface area contributed by atoms with Gasteiger partial charge < -0.3 is 10.2 Å². The van der Waals surface area contributed by atoms with Crippen LogP contribution in [0.15, 0.2) is 48.5 Å². The number of hydrogen-bond donors (Lipinski definition) is 1. The number of amides is 1. The van der Waals surface area contributed by atoms with Crippen molar-refractivity contribution in [1.29, 1.82) is 0 Å². The minimum Gasteiger partial charge on any atom is -0.384 e. The maximum Gasteiger partial charge on any atom is 0.236 e. The SMILES string of the molecule is CC1Cc2ccccc2N1C(=O)C1CNc2ccccc21. The van der Waals surface area contributed by atoms with Gasteiger partial charge in [-0.15, -0.1) is 0 Å². The highest BCUT2D eigenvalue weighted by Crippen LogP contribution is 2.38. The molecule has 21 heavy (non-hydrogen) atoms. The quantitative estimate of drug-likeness (QED) is 0.869. The molecule has 0 spiro atoms. The first-order valence-electron chi connectivity index (χ1n) is 7.49. The van der Waals surface area contributed by atoms with Crippen LogP contribution in [0.2, 0.25) is 0 Å². The van der Waals surface area contributed by atoms with E-state index in [0.717, 1.165) is 23.4 Å². The van der Waals surface area contributed by atoms with Gasteiger partial charge in [0.15, 0.2) is 0 Å². The van der Waals surface area contributed by atoms with Crippen molar-refractivity contribution in [3.63, 3.8) is 0 Å². The van der Waals surface area contributed by atoms with Crippen molar-refractivity contribution in [3.8, 4) is 0 Å². The van der Waals surface area contributed by atoms with Crippen LogP contribution in [0.5, 0.6) is 0 Å². The molecule has 2 aliphatic rings. The second-order valence-corrected chi connectivity index (χ2v) is 5.91. The Balaban J connectivity index is 1.70. The first-order chi connectivity index (χ1) is 10.3. The summed E-state index contributed by atoms with van der Waals surface area (Å²) in [6.45, 7) is 2.83. The van der Waals surface area contributed by atoms with Gasteiger partial charge in [0.2, 0.25) is 5.91 Å². The molecule has 4 rings (SSSR count). The number of nitrogens with one attached hydrogen (secondary N) is 1. The Hall–Kier alpha value is -2.29. The highest BCUT2D eigenvalue weighted by Gasteiger charge is 2.37. The molecule has 3 nitrogen and oxygen atoms in total. The van der Waals surface area contributed by atoms with E-state index in [2.05, 4.69) is 30.4 Å². The smallest absolute Gasteiger partial charge is 0.236 e. The molecule has 2 aromatic rings. The molecule has 0 aromatic heterocycles. The molecule has 0 aliphatic carbocycles. The van der Waals surface area contributed by atoms with Gasteiger partial charge in [-0.1, -0.05) is 36.4 Å². The number of hydrogen-bond acceptors (Lipinski definition) is 2. The van der Waals surface area contributed by atoms with Crippen LogP contribution >= 0.6 is 0 Å². The molecule has 0 radical (unpaired) electrons. The molecule has 2 heterocycles. The van der Waals surface area contributed by atoms with Crippen LogP contribution in [-0.4, -0.2) is 18.5 Å². The van der Waals surface area contributed by atoms with Gasteiger partial charge >= 0.3 is 0 Å². The zero-order valence-electron chi connectivity index (χ0n) is 12.0. The van der Waals surface area contributed by atoms with E-state index in [1.165, 1.54) is 5.56 Å². The molecule has 106 valence electrons. The van der Waals surface area contributed by atoms with Crippen molar-refractivity contribution < 1.29 is 4.79 Å². The van der Waals surface area contributed by atoms with E-state index in [9.17, 15) is 4.79 Å². The van der Waals surface area contributed by atoms with Crippen LogP contribution < -0.4 is 10.2 Å². The van der Waals surface area contributed by atoms with E-state index in [1.807, 2.05) is 35.2 Å². The molecule has 2 atom stereocenters. The Morgan fingerprint density at radius 1 is 1.14 bits per heavy atom. The maximum atomic E-state index is 13.1. The molecule has 0 saturated heterocycles. The first-order valence-corrected chi connectivity index (χ1v) is 7.49. The van der Waals surface area contributed by atoms with E-state index in [1.54, 1.807) is 0 Å². The zero-order chi connectivity index (χ0) is 14.4. The summed E-state index contributed by atoms with van der Waals surface area (Å²) >= 11 is 0. The number of para-hydroxylation sites is 2. The summed E-state index contributed by atoms with van der Waals surface area (Å²) in [6, 6.07) is 16.6. The number of rotatable bonds is 1. The average Bonchev–Trinajstić information content (AvgIpc) is 3.06. The van der Waals surface area contributed by atoms with E-state index in [-0.39, 0.29) is 17.9 Å². The van der Waals surface area contributed by atoms with Gasteiger partial charge in [0.1, 0.15) is 0 Å². The Morgan fingerprint density at radius 2 is 1.90 bits per heavy atom. The molecule has 1 N–H and O–H groups in total.